The van der Waals surface area contributed by atoms with E-state index in [1.807, 2.05) is 6.92 Å². The third-order valence-corrected chi connectivity index (χ3v) is 2.67. The van der Waals surface area contributed by atoms with Crippen molar-refractivity contribution in [3.05, 3.63) is 17.0 Å². The molecular formula is C12H21N3O2. The summed E-state index contributed by atoms with van der Waals surface area (Å²) in [7, 11) is 0. The van der Waals surface area contributed by atoms with Gasteiger partial charge in [-0.1, -0.05) is 13.8 Å². The molecule has 1 unspecified atom stereocenters. The van der Waals surface area contributed by atoms with Crippen LogP contribution in [-0.4, -0.2) is 33.9 Å². The molecule has 0 fully saturated rings. The van der Waals surface area contributed by atoms with Crippen molar-refractivity contribution >= 4 is 5.91 Å². The van der Waals surface area contributed by atoms with Gasteiger partial charge in [-0.15, -0.1) is 0 Å². The monoisotopic (exact) mass is 239 g/mol. The fraction of sp³-hybridized carbons (Fsp3) is 0.667. The van der Waals surface area contributed by atoms with Crippen molar-refractivity contribution in [2.45, 2.75) is 40.2 Å². The Bertz CT molecular complexity index is 366. The van der Waals surface area contributed by atoms with Crippen LogP contribution in [0.1, 0.15) is 42.0 Å². The maximum atomic E-state index is 12.0. The van der Waals surface area contributed by atoms with Gasteiger partial charge in [0, 0.05) is 5.69 Å². The zero-order valence-corrected chi connectivity index (χ0v) is 10.9. The number of aliphatic hydroxyl groups excluding tert-OH is 1. The summed E-state index contributed by atoms with van der Waals surface area (Å²) in [6.07, 6.45) is 0.762. The molecule has 17 heavy (non-hydrogen) atoms. The number of carbonyl (C=O) groups is 1. The summed E-state index contributed by atoms with van der Waals surface area (Å²) in [6, 6.07) is -0.198. The van der Waals surface area contributed by atoms with E-state index in [4.69, 9.17) is 0 Å². The minimum absolute atomic E-state index is 0.0418. The van der Waals surface area contributed by atoms with Gasteiger partial charge in [0.25, 0.3) is 5.91 Å². The van der Waals surface area contributed by atoms with Gasteiger partial charge in [0.1, 0.15) is 0 Å². The third-order valence-electron chi connectivity index (χ3n) is 2.67. The number of rotatable bonds is 5. The highest BCUT2D eigenvalue weighted by Crippen LogP contribution is 2.11. The number of carbonyl (C=O) groups excluding carboxylic acids is 1. The Labute approximate surface area is 102 Å². The van der Waals surface area contributed by atoms with Crippen molar-refractivity contribution < 1.29 is 9.90 Å². The number of aryl methyl sites for hydroxylation is 2. The maximum absolute atomic E-state index is 12.0. The molecule has 0 aliphatic heterocycles. The van der Waals surface area contributed by atoms with Crippen LogP contribution >= 0.6 is 0 Å². The Morgan fingerprint density at radius 1 is 1.47 bits per heavy atom. The number of amides is 1. The Hall–Kier alpha value is -1.36. The van der Waals surface area contributed by atoms with Crippen LogP contribution in [0.3, 0.4) is 0 Å². The van der Waals surface area contributed by atoms with Gasteiger partial charge in [0.15, 0.2) is 0 Å². The van der Waals surface area contributed by atoms with Crippen LogP contribution in [0.25, 0.3) is 0 Å². The molecule has 0 aromatic carbocycles. The van der Waals surface area contributed by atoms with E-state index in [-0.39, 0.29) is 18.6 Å². The fourth-order valence-corrected chi connectivity index (χ4v) is 1.89. The molecule has 0 saturated heterocycles. The minimum Gasteiger partial charge on any atom is -0.394 e. The first-order valence-corrected chi connectivity index (χ1v) is 5.89. The molecule has 5 heteroatoms. The maximum Gasteiger partial charge on any atom is 0.255 e. The van der Waals surface area contributed by atoms with Crippen LogP contribution in [0.5, 0.6) is 0 Å². The van der Waals surface area contributed by atoms with Gasteiger partial charge in [-0.25, -0.2) is 0 Å². The fourth-order valence-electron chi connectivity index (χ4n) is 1.89. The van der Waals surface area contributed by atoms with Crippen molar-refractivity contribution in [3.63, 3.8) is 0 Å². The molecule has 5 nitrogen and oxygen atoms in total. The summed E-state index contributed by atoms with van der Waals surface area (Å²) in [5.74, 6) is 0.257. The molecule has 1 aromatic heterocycles. The van der Waals surface area contributed by atoms with Crippen LogP contribution in [0, 0.1) is 19.8 Å². The predicted molar refractivity (Wildman–Crippen MR) is 65.9 cm³/mol. The molecule has 1 rings (SSSR count). The van der Waals surface area contributed by atoms with Crippen LogP contribution < -0.4 is 5.32 Å². The van der Waals surface area contributed by atoms with E-state index in [0.29, 0.717) is 17.2 Å². The smallest absolute Gasteiger partial charge is 0.255 e. The average Bonchev–Trinajstić information content (AvgIpc) is 2.56. The number of nitrogens with one attached hydrogen (secondary N) is 2. The van der Waals surface area contributed by atoms with E-state index >= 15 is 0 Å². The highest BCUT2D eigenvalue weighted by atomic mass is 16.3. The molecule has 1 heterocycles. The Kier molecular flexibility index (Phi) is 4.69. The second-order valence-corrected chi connectivity index (χ2v) is 4.79. The van der Waals surface area contributed by atoms with E-state index in [9.17, 15) is 9.90 Å². The van der Waals surface area contributed by atoms with Gasteiger partial charge in [-0.05, 0) is 26.2 Å². The standard InChI is InChI=1S/C12H21N3O2/c1-7(2)5-10(6-16)13-12(17)11-8(3)14-15-9(11)4/h7,10,16H,5-6H2,1-4H3,(H,13,17)(H,14,15). The summed E-state index contributed by atoms with van der Waals surface area (Å²) >= 11 is 0. The molecule has 0 radical (unpaired) electrons. The zero-order chi connectivity index (χ0) is 13.0. The van der Waals surface area contributed by atoms with Gasteiger partial charge in [0.2, 0.25) is 0 Å². The number of aromatic nitrogens is 2. The summed E-state index contributed by atoms with van der Waals surface area (Å²) in [4.78, 5) is 12.0. The number of aromatic amines is 1. The summed E-state index contributed by atoms with van der Waals surface area (Å²) in [6.45, 7) is 7.67. The van der Waals surface area contributed by atoms with Crippen molar-refractivity contribution in [2.75, 3.05) is 6.61 Å². The van der Waals surface area contributed by atoms with Crippen molar-refractivity contribution in [3.8, 4) is 0 Å². The van der Waals surface area contributed by atoms with E-state index in [0.717, 1.165) is 12.1 Å². The van der Waals surface area contributed by atoms with Crippen molar-refractivity contribution in [2.24, 2.45) is 5.92 Å². The number of H-pyrrole nitrogens is 1. The second-order valence-electron chi connectivity index (χ2n) is 4.79. The van der Waals surface area contributed by atoms with E-state index < -0.39 is 0 Å². The molecule has 0 aliphatic rings. The molecule has 1 atom stereocenters. The quantitative estimate of drug-likeness (QED) is 0.721. The first kappa shape index (κ1) is 13.7. The first-order valence-electron chi connectivity index (χ1n) is 5.89. The molecule has 1 amide bonds. The van der Waals surface area contributed by atoms with Crippen LogP contribution in [0.4, 0.5) is 0 Å². The molecule has 1 aromatic rings. The van der Waals surface area contributed by atoms with Crippen molar-refractivity contribution in [1.82, 2.24) is 15.5 Å². The Morgan fingerprint density at radius 2 is 2.12 bits per heavy atom. The Morgan fingerprint density at radius 3 is 2.53 bits per heavy atom. The normalized spacial score (nSPS) is 12.8. The van der Waals surface area contributed by atoms with E-state index in [1.54, 1.807) is 6.92 Å². The number of hydrogen-bond acceptors (Lipinski definition) is 3. The Balaban J connectivity index is 2.71. The van der Waals surface area contributed by atoms with Gasteiger partial charge < -0.3 is 10.4 Å². The largest absolute Gasteiger partial charge is 0.394 e. The molecule has 0 saturated carbocycles. The SMILES string of the molecule is Cc1n[nH]c(C)c1C(=O)NC(CO)CC(C)C. The summed E-state index contributed by atoms with van der Waals surface area (Å²) in [5, 5.41) is 18.8. The average molecular weight is 239 g/mol. The summed E-state index contributed by atoms with van der Waals surface area (Å²) in [5.41, 5.74) is 2.01. The highest BCUT2D eigenvalue weighted by Gasteiger charge is 2.19. The highest BCUT2D eigenvalue weighted by molar-refractivity contribution is 5.96. The van der Waals surface area contributed by atoms with Crippen LogP contribution in [0.15, 0.2) is 0 Å². The molecule has 0 spiro atoms. The molecule has 96 valence electrons. The lowest BCUT2D eigenvalue weighted by atomic mass is 10.0. The lowest BCUT2D eigenvalue weighted by Crippen LogP contribution is -2.38. The summed E-state index contributed by atoms with van der Waals surface area (Å²) < 4.78 is 0. The lowest BCUT2D eigenvalue weighted by molar-refractivity contribution is 0.0907. The predicted octanol–water partition coefficient (Wildman–Crippen LogP) is 1.16. The zero-order valence-electron chi connectivity index (χ0n) is 10.9. The number of nitrogens with zero attached hydrogens (tertiary/aromatic N) is 1. The lowest BCUT2D eigenvalue weighted by Gasteiger charge is -2.18. The third kappa shape index (κ3) is 3.56. The second kappa shape index (κ2) is 5.82. The molecular weight excluding hydrogens is 218 g/mol. The van der Waals surface area contributed by atoms with E-state index in [1.165, 1.54) is 0 Å². The topological polar surface area (TPSA) is 78.0 Å². The van der Waals surface area contributed by atoms with Crippen molar-refractivity contribution in [1.29, 1.82) is 0 Å². The molecule has 0 bridgehead atoms. The molecule has 3 N–H and O–H groups in total. The van der Waals surface area contributed by atoms with E-state index in [2.05, 4.69) is 29.4 Å². The van der Waals surface area contributed by atoms with Crippen LogP contribution in [-0.2, 0) is 0 Å². The molecule has 0 aliphatic carbocycles. The minimum atomic E-state index is -0.198. The van der Waals surface area contributed by atoms with Gasteiger partial charge in [-0.3, -0.25) is 9.89 Å². The number of aliphatic hydroxyl groups is 1. The van der Waals surface area contributed by atoms with Gasteiger partial charge in [0.05, 0.1) is 23.9 Å². The van der Waals surface area contributed by atoms with Gasteiger partial charge >= 0.3 is 0 Å². The van der Waals surface area contributed by atoms with Gasteiger partial charge in [-0.2, -0.15) is 5.10 Å². The number of hydrogen-bond donors (Lipinski definition) is 3. The first-order chi connectivity index (χ1) is 7.95. The van der Waals surface area contributed by atoms with Crippen LogP contribution in [0.2, 0.25) is 0 Å².